The third-order valence-corrected chi connectivity index (χ3v) is 10.3. The number of anilines is 1. The van der Waals surface area contributed by atoms with Gasteiger partial charge in [0.25, 0.3) is 0 Å². The molecule has 2 N–H and O–H groups in total. The summed E-state index contributed by atoms with van der Waals surface area (Å²) < 4.78 is 63.3. The van der Waals surface area contributed by atoms with E-state index in [9.17, 15) is 4.79 Å². The standard InChI is InChI=1S/C46H65BN4O12/c1-44(2,3)61-43(52)48-16-17-55-18-19-56-20-21-57-22-23-58-24-25-59-26-27-60-41-15-12-35(47-62-45(4,5)46(6,7)63-47)29-38(41)33-11-14-37-39(28-33)51-50-32-40(37)49-31-34-10-13-36(53-8)30-42(34)54-9/h10-15,28-30,32H,16-27,31H2,1-9H3,(H,48,52)(H,49,51). The lowest BCUT2D eigenvalue weighted by Gasteiger charge is -2.32. The number of carbonyl (C=O) groups excluding carboxylic acids is 1. The minimum atomic E-state index is -0.547. The van der Waals surface area contributed by atoms with Crippen LogP contribution in [0.3, 0.4) is 0 Å². The topological polar surface area (TPSA) is 168 Å². The molecule has 344 valence electrons. The molecule has 0 spiro atoms. The van der Waals surface area contributed by atoms with Gasteiger partial charge in [0.1, 0.15) is 29.5 Å². The summed E-state index contributed by atoms with van der Waals surface area (Å²) in [6.45, 7) is 19.0. The van der Waals surface area contributed by atoms with Crippen molar-refractivity contribution in [2.45, 2.75) is 71.8 Å². The summed E-state index contributed by atoms with van der Waals surface area (Å²) in [4.78, 5) is 11.6. The van der Waals surface area contributed by atoms with E-state index in [1.165, 1.54) is 0 Å². The van der Waals surface area contributed by atoms with Gasteiger partial charge in [-0.2, -0.15) is 10.2 Å². The lowest BCUT2D eigenvalue weighted by Crippen LogP contribution is -2.41. The Morgan fingerprint density at radius 3 is 1.94 bits per heavy atom. The maximum absolute atomic E-state index is 11.6. The van der Waals surface area contributed by atoms with Crippen LogP contribution in [0.15, 0.2) is 60.8 Å². The third kappa shape index (κ3) is 15.2. The predicted molar refractivity (Wildman–Crippen MR) is 241 cm³/mol. The first-order valence-electron chi connectivity index (χ1n) is 21.4. The summed E-state index contributed by atoms with van der Waals surface area (Å²) in [5, 5.41) is 15.9. The second-order valence-electron chi connectivity index (χ2n) is 16.7. The first-order valence-corrected chi connectivity index (χ1v) is 21.4. The van der Waals surface area contributed by atoms with Crippen LogP contribution in [0, 0.1) is 0 Å². The number of amides is 1. The molecule has 1 aliphatic heterocycles. The van der Waals surface area contributed by atoms with Gasteiger partial charge in [-0.15, -0.1) is 0 Å². The fourth-order valence-corrected chi connectivity index (χ4v) is 6.31. The van der Waals surface area contributed by atoms with E-state index < -0.39 is 30.0 Å². The van der Waals surface area contributed by atoms with Crippen molar-refractivity contribution in [3.05, 3.63) is 66.4 Å². The number of ether oxygens (including phenoxy) is 9. The zero-order chi connectivity index (χ0) is 45.3. The van der Waals surface area contributed by atoms with E-state index in [1.54, 1.807) is 20.4 Å². The highest BCUT2D eigenvalue weighted by Gasteiger charge is 2.51. The highest BCUT2D eigenvalue weighted by atomic mass is 16.7. The van der Waals surface area contributed by atoms with Gasteiger partial charge in [0, 0.05) is 35.7 Å². The van der Waals surface area contributed by atoms with Crippen LogP contribution in [-0.4, -0.2) is 134 Å². The molecule has 0 bridgehead atoms. The number of hydrogen-bond acceptors (Lipinski definition) is 15. The van der Waals surface area contributed by atoms with Crippen molar-refractivity contribution in [2.75, 3.05) is 98.8 Å². The highest BCUT2D eigenvalue weighted by Crippen LogP contribution is 2.38. The zero-order valence-electron chi connectivity index (χ0n) is 38.3. The van der Waals surface area contributed by atoms with Crippen LogP contribution in [0.5, 0.6) is 17.2 Å². The molecule has 4 aromatic rings. The number of nitrogens with zero attached hydrogens (tertiary/aromatic N) is 2. The summed E-state index contributed by atoms with van der Waals surface area (Å²) in [6.07, 6.45) is 1.26. The average molecular weight is 877 g/mol. The van der Waals surface area contributed by atoms with Crippen molar-refractivity contribution in [3.63, 3.8) is 0 Å². The fraction of sp³-hybridized carbons (Fsp3) is 0.543. The Morgan fingerprint density at radius 1 is 0.714 bits per heavy atom. The quantitative estimate of drug-likeness (QED) is 0.0539. The Balaban J connectivity index is 1.06. The Hall–Kier alpha value is -4.75. The fourth-order valence-electron chi connectivity index (χ4n) is 6.31. The SMILES string of the molecule is COc1ccc(CNc2cnnc3cc(-c4cc(B5OC(C)(C)C(C)(C)O5)ccc4OCCOCCOCCOCCOCCOCCNC(=O)OC(C)(C)C)ccc23)c(OC)c1. The van der Waals surface area contributed by atoms with Crippen LogP contribution in [0.1, 0.15) is 54.0 Å². The number of hydrogen-bond donors (Lipinski definition) is 2. The molecule has 0 aliphatic carbocycles. The van der Waals surface area contributed by atoms with Gasteiger partial charge in [-0.1, -0.05) is 18.2 Å². The van der Waals surface area contributed by atoms with Gasteiger partial charge in [0.15, 0.2) is 0 Å². The van der Waals surface area contributed by atoms with Crippen molar-refractivity contribution in [1.29, 1.82) is 0 Å². The van der Waals surface area contributed by atoms with E-state index in [-0.39, 0.29) is 0 Å². The monoisotopic (exact) mass is 876 g/mol. The molecule has 16 nitrogen and oxygen atoms in total. The summed E-state index contributed by atoms with van der Waals surface area (Å²) in [5.41, 5.74) is 3.67. The molecular formula is C46H65BN4O12. The van der Waals surface area contributed by atoms with Crippen LogP contribution >= 0.6 is 0 Å². The van der Waals surface area contributed by atoms with E-state index in [1.807, 2.05) is 90.9 Å². The first kappa shape index (κ1) is 49.3. The number of nitrogens with one attached hydrogen (secondary N) is 2. The van der Waals surface area contributed by atoms with Gasteiger partial charge in [0.05, 0.1) is 109 Å². The van der Waals surface area contributed by atoms with Gasteiger partial charge < -0.3 is 62.6 Å². The van der Waals surface area contributed by atoms with Crippen LogP contribution < -0.4 is 30.3 Å². The van der Waals surface area contributed by atoms with E-state index >= 15 is 0 Å². The van der Waals surface area contributed by atoms with E-state index in [0.717, 1.165) is 50.2 Å². The smallest absolute Gasteiger partial charge is 0.494 e. The van der Waals surface area contributed by atoms with Crippen molar-refractivity contribution in [1.82, 2.24) is 15.5 Å². The minimum Gasteiger partial charge on any atom is -0.497 e. The molecule has 63 heavy (non-hydrogen) atoms. The van der Waals surface area contributed by atoms with Crippen LogP contribution in [-0.2, 0) is 44.3 Å². The molecule has 1 aromatic heterocycles. The molecule has 17 heteroatoms. The normalized spacial score (nSPS) is 14.5. The summed E-state index contributed by atoms with van der Waals surface area (Å²) in [5.74, 6) is 2.14. The van der Waals surface area contributed by atoms with Crippen molar-refractivity contribution in [3.8, 4) is 28.4 Å². The Morgan fingerprint density at radius 2 is 1.33 bits per heavy atom. The van der Waals surface area contributed by atoms with E-state index in [0.29, 0.717) is 91.5 Å². The number of methoxy groups -OCH3 is 2. The Kier molecular flexibility index (Phi) is 18.6. The lowest BCUT2D eigenvalue weighted by molar-refractivity contribution is -0.0126. The Bertz CT molecular complexity index is 2030. The molecule has 3 aromatic carbocycles. The molecule has 0 unspecified atom stereocenters. The molecule has 0 radical (unpaired) electrons. The van der Waals surface area contributed by atoms with Crippen molar-refractivity contribution >= 4 is 35.3 Å². The van der Waals surface area contributed by atoms with E-state index in [2.05, 4.69) is 33.0 Å². The number of carbonyl (C=O) groups is 1. The molecule has 1 fully saturated rings. The molecule has 2 heterocycles. The summed E-state index contributed by atoms with van der Waals surface area (Å²) >= 11 is 0. The average Bonchev–Trinajstić information content (AvgIpc) is 3.48. The van der Waals surface area contributed by atoms with Crippen molar-refractivity contribution < 1.29 is 56.7 Å². The first-order chi connectivity index (χ1) is 30.2. The number of aromatic nitrogens is 2. The molecular weight excluding hydrogens is 811 g/mol. The predicted octanol–water partition coefficient (Wildman–Crippen LogP) is 6.21. The molecule has 1 amide bonds. The largest absolute Gasteiger partial charge is 0.497 e. The van der Waals surface area contributed by atoms with Gasteiger partial charge in [-0.05, 0) is 89.8 Å². The third-order valence-electron chi connectivity index (χ3n) is 10.3. The van der Waals surface area contributed by atoms with Crippen molar-refractivity contribution in [2.24, 2.45) is 0 Å². The van der Waals surface area contributed by atoms with Crippen LogP contribution in [0.4, 0.5) is 10.5 Å². The molecule has 0 saturated carbocycles. The lowest BCUT2D eigenvalue weighted by atomic mass is 9.77. The van der Waals surface area contributed by atoms with Gasteiger partial charge in [0.2, 0.25) is 0 Å². The Labute approximate surface area is 372 Å². The zero-order valence-corrected chi connectivity index (χ0v) is 38.3. The van der Waals surface area contributed by atoms with Gasteiger partial charge >= 0.3 is 13.2 Å². The second kappa shape index (κ2) is 23.8. The maximum Gasteiger partial charge on any atom is 0.494 e. The number of alkyl carbamates (subject to hydrolysis) is 1. The molecule has 5 rings (SSSR count). The highest BCUT2D eigenvalue weighted by molar-refractivity contribution is 6.62. The second-order valence-corrected chi connectivity index (χ2v) is 16.7. The number of rotatable bonds is 26. The summed E-state index contributed by atoms with van der Waals surface area (Å²) in [6, 6.07) is 17.8. The molecule has 0 atom stereocenters. The maximum atomic E-state index is 11.6. The minimum absolute atomic E-state index is 0.330. The molecule has 1 saturated heterocycles. The van der Waals surface area contributed by atoms with Crippen LogP contribution in [0.2, 0.25) is 0 Å². The van der Waals surface area contributed by atoms with E-state index in [4.69, 9.17) is 51.9 Å². The summed E-state index contributed by atoms with van der Waals surface area (Å²) in [7, 11) is 2.73. The number of benzene rings is 3. The van der Waals surface area contributed by atoms with Crippen LogP contribution in [0.25, 0.3) is 22.0 Å². The van der Waals surface area contributed by atoms with Gasteiger partial charge in [-0.3, -0.25) is 0 Å². The number of fused-ring (bicyclic) bond motifs is 1. The molecule has 1 aliphatic rings. The van der Waals surface area contributed by atoms with Gasteiger partial charge in [-0.25, -0.2) is 4.79 Å².